The fourth-order valence-corrected chi connectivity index (χ4v) is 4.56. The molecule has 118 valence electrons. The van der Waals surface area contributed by atoms with Gasteiger partial charge in [-0.25, -0.2) is 0 Å². The molecule has 2 heterocycles. The first-order valence-corrected chi connectivity index (χ1v) is 8.85. The average molecular weight is 298 g/mol. The molecule has 3 fully saturated rings. The van der Waals surface area contributed by atoms with Crippen molar-refractivity contribution in [2.24, 2.45) is 0 Å². The van der Waals surface area contributed by atoms with Gasteiger partial charge in [-0.2, -0.15) is 0 Å². The molecular weight excluding hydrogens is 272 g/mol. The maximum Gasteiger partial charge on any atom is 0.251 e. The smallest absolute Gasteiger partial charge is 0.251 e. The third kappa shape index (κ3) is 2.79. The van der Waals surface area contributed by atoms with E-state index in [1.807, 2.05) is 31.2 Å². The first-order valence-electron chi connectivity index (χ1n) is 8.85. The number of hydrogen-bond donors (Lipinski definition) is 1. The van der Waals surface area contributed by atoms with Crippen LogP contribution in [0, 0.1) is 6.92 Å². The molecule has 1 N–H and O–H groups in total. The van der Waals surface area contributed by atoms with E-state index in [1.165, 1.54) is 32.1 Å². The van der Waals surface area contributed by atoms with Gasteiger partial charge in [-0.15, -0.1) is 0 Å². The van der Waals surface area contributed by atoms with Crippen molar-refractivity contribution in [2.75, 3.05) is 0 Å². The Labute approximate surface area is 133 Å². The van der Waals surface area contributed by atoms with Crippen LogP contribution in [0.15, 0.2) is 24.3 Å². The van der Waals surface area contributed by atoms with E-state index in [0.29, 0.717) is 18.1 Å². The van der Waals surface area contributed by atoms with Crippen LogP contribution in [0.3, 0.4) is 0 Å². The van der Waals surface area contributed by atoms with E-state index in [1.54, 1.807) is 0 Å². The van der Waals surface area contributed by atoms with Crippen LogP contribution in [-0.2, 0) is 0 Å². The second-order valence-electron chi connectivity index (χ2n) is 7.43. The van der Waals surface area contributed by atoms with Crippen LogP contribution in [0.4, 0.5) is 0 Å². The number of piperidine rings is 2. The lowest BCUT2D eigenvalue weighted by atomic mass is 9.81. The van der Waals surface area contributed by atoms with Crippen molar-refractivity contribution < 1.29 is 4.79 Å². The Morgan fingerprint density at radius 2 is 1.82 bits per heavy atom. The van der Waals surface area contributed by atoms with Crippen LogP contribution in [0.5, 0.6) is 0 Å². The minimum absolute atomic E-state index is 0.103. The summed E-state index contributed by atoms with van der Waals surface area (Å²) in [6.45, 7) is 2.04. The van der Waals surface area contributed by atoms with Gasteiger partial charge in [0.15, 0.2) is 0 Å². The molecule has 0 spiro atoms. The highest BCUT2D eigenvalue weighted by molar-refractivity contribution is 5.94. The number of nitrogens with one attached hydrogen (secondary N) is 1. The van der Waals surface area contributed by atoms with E-state index in [0.717, 1.165) is 30.0 Å². The lowest BCUT2D eigenvalue weighted by Crippen LogP contribution is -2.57. The fraction of sp³-hybridized carbons (Fsp3) is 0.632. The number of carbonyl (C=O) groups is 1. The van der Waals surface area contributed by atoms with E-state index in [9.17, 15) is 4.79 Å². The highest BCUT2D eigenvalue weighted by Gasteiger charge is 2.45. The zero-order valence-corrected chi connectivity index (χ0v) is 13.4. The number of fused-ring (bicyclic) bond motifs is 2. The molecule has 2 saturated heterocycles. The fourth-order valence-electron chi connectivity index (χ4n) is 4.56. The summed E-state index contributed by atoms with van der Waals surface area (Å²) >= 11 is 0. The van der Waals surface area contributed by atoms with Gasteiger partial charge in [0, 0.05) is 29.7 Å². The molecule has 1 saturated carbocycles. The number of benzene rings is 1. The molecule has 3 aliphatic rings. The van der Waals surface area contributed by atoms with Crippen LogP contribution >= 0.6 is 0 Å². The van der Waals surface area contributed by atoms with Crippen molar-refractivity contribution >= 4 is 5.91 Å². The Kier molecular flexibility index (Phi) is 3.69. The number of rotatable bonds is 3. The predicted octanol–water partition coefficient (Wildman–Crippen LogP) is 3.27. The molecule has 0 unspecified atom stereocenters. The molecule has 2 atom stereocenters. The van der Waals surface area contributed by atoms with Gasteiger partial charge in [0.2, 0.25) is 0 Å². The number of hydrogen-bond acceptors (Lipinski definition) is 2. The van der Waals surface area contributed by atoms with Gasteiger partial charge in [0.1, 0.15) is 0 Å². The molecule has 1 aliphatic carbocycles. The normalized spacial score (nSPS) is 31.8. The molecule has 22 heavy (non-hydrogen) atoms. The molecule has 1 aromatic rings. The summed E-state index contributed by atoms with van der Waals surface area (Å²) in [5.41, 5.74) is 1.95. The monoisotopic (exact) mass is 298 g/mol. The van der Waals surface area contributed by atoms with E-state index in [4.69, 9.17) is 0 Å². The summed E-state index contributed by atoms with van der Waals surface area (Å²) < 4.78 is 0. The summed E-state index contributed by atoms with van der Waals surface area (Å²) in [5, 5.41) is 3.31. The Morgan fingerprint density at radius 1 is 1.09 bits per heavy atom. The van der Waals surface area contributed by atoms with Crippen molar-refractivity contribution in [3.8, 4) is 0 Å². The highest BCUT2D eigenvalue weighted by Crippen LogP contribution is 2.41. The average Bonchev–Trinajstić information content (AvgIpc) is 3.31. The van der Waals surface area contributed by atoms with Crippen LogP contribution in [0.25, 0.3) is 0 Å². The third-order valence-corrected chi connectivity index (χ3v) is 5.62. The minimum atomic E-state index is 0.103. The van der Waals surface area contributed by atoms with Crippen LogP contribution < -0.4 is 5.32 Å². The molecule has 3 nitrogen and oxygen atoms in total. The Balaban J connectivity index is 1.43. The Bertz CT molecular complexity index is 552. The van der Waals surface area contributed by atoms with Crippen molar-refractivity contribution in [1.29, 1.82) is 0 Å². The lowest BCUT2D eigenvalue weighted by Gasteiger charge is -2.49. The molecule has 1 aromatic carbocycles. The maximum atomic E-state index is 12.5. The van der Waals surface area contributed by atoms with E-state index in [2.05, 4.69) is 10.2 Å². The zero-order chi connectivity index (χ0) is 15.1. The molecule has 0 aromatic heterocycles. The van der Waals surface area contributed by atoms with Crippen LogP contribution in [-0.4, -0.2) is 35.0 Å². The van der Waals surface area contributed by atoms with E-state index in [-0.39, 0.29) is 5.91 Å². The van der Waals surface area contributed by atoms with Gasteiger partial charge >= 0.3 is 0 Å². The number of carbonyl (C=O) groups excluding carboxylic acids is 1. The lowest BCUT2D eigenvalue weighted by molar-refractivity contribution is 0.0175. The zero-order valence-electron chi connectivity index (χ0n) is 13.4. The number of nitrogens with zero attached hydrogens (tertiary/aromatic N) is 1. The third-order valence-electron chi connectivity index (χ3n) is 5.62. The standard InChI is InChI=1S/C19H26N2O/c1-13-4-2-5-14(10-13)19(22)20-15-11-17-6-3-7-18(12-15)21(17)16-8-9-16/h2,4-5,10,15-18H,3,6-9,11-12H2,1H3,(H,20,22)/t17-,18-/m0/s1. The Morgan fingerprint density at radius 3 is 2.45 bits per heavy atom. The van der Waals surface area contributed by atoms with Crippen LogP contribution in [0.2, 0.25) is 0 Å². The molecule has 1 amide bonds. The molecule has 3 heteroatoms. The molecular formula is C19H26N2O. The van der Waals surface area contributed by atoms with Crippen molar-refractivity contribution in [3.63, 3.8) is 0 Å². The molecule has 2 bridgehead atoms. The quantitative estimate of drug-likeness (QED) is 0.929. The largest absolute Gasteiger partial charge is 0.349 e. The minimum Gasteiger partial charge on any atom is -0.349 e. The van der Waals surface area contributed by atoms with Crippen molar-refractivity contribution in [1.82, 2.24) is 10.2 Å². The Hall–Kier alpha value is -1.35. The van der Waals surface area contributed by atoms with Gasteiger partial charge in [-0.1, -0.05) is 24.1 Å². The van der Waals surface area contributed by atoms with Gasteiger partial charge in [0.05, 0.1) is 0 Å². The number of aryl methyl sites for hydroxylation is 1. The SMILES string of the molecule is Cc1cccc(C(=O)NC2C[C@@H]3CCC[C@@H](C2)N3C2CC2)c1. The molecule has 2 aliphatic heterocycles. The van der Waals surface area contributed by atoms with E-state index < -0.39 is 0 Å². The summed E-state index contributed by atoms with van der Waals surface area (Å²) in [4.78, 5) is 15.3. The summed E-state index contributed by atoms with van der Waals surface area (Å²) in [5.74, 6) is 0.103. The molecule has 0 radical (unpaired) electrons. The second kappa shape index (κ2) is 5.69. The van der Waals surface area contributed by atoms with Gasteiger partial charge in [-0.05, 0) is 57.6 Å². The van der Waals surface area contributed by atoms with Gasteiger partial charge in [0.25, 0.3) is 5.91 Å². The summed E-state index contributed by atoms with van der Waals surface area (Å²) in [6, 6.07) is 10.6. The summed E-state index contributed by atoms with van der Waals surface area (Å²) in [6.07, 6.45) is 9.10. The summed E-state index contributed by atoms with van der Waals surface area (Å²) in [7, 11) is 0. The second-order valence-corrected chi connectivity index (χ2v) is 7.43. The maximum absolute atomic E-state index is 12.5. The van der Waals surface area contributed by atoms with Gasteiger partial charge < -0.3 is 5.32 Å². The van der Waals surface area contributed by atoms with Gasteiger partial charge in [-0.3, -0.25) is 9.69 Å². The number of amides is 1. The first-order chi connectivity index (χ1) is 10.7. The van der Waals surface area contributed by atoms with Crippen molar-refractivity contribution in [2.45, 2.75) is 76.0 Å². The first kappa shape index (κ1) is 14.3. The van der Waals surface area contributed by atoms with E-state index >= 15 is 0 Å². The highest BCUT2D eigenvalue weighted by atomic mass is 16.1. The predicted molar refractivity (Wildman–Crippen MR) is 88.0 cm³/mol. The topological polar surface area (TPSA) is 32.3 Å². The van der Waals surface area contributed by atoms with Crippen molar-refractivity contribution in [3.05, 3.63) is 35.4 Å². The van der Waals surface area contributed by atoms with Crippen LogP contribution in [0.1, 0.15) is 60.9 Å². The molecule has 4 rings (SSSR count).